The van der Waals surface area contributed by atoms with Crippen molar-refractivity contribution in [3.05, 3.63) is 30.3 Å². The van der Waals surface area contributed by atoms with Gasteiger partial charge in [0.2, 0.25) is 0 Å². The van der Waals surface area contributed by atoms with Gasteiger partial charge in [-0.15, -0.1) is 0 Å². The topological polar surface area (TPSA) is 28.6 Å². The zero-order valence-electron chi connectivity index (χ0n) is 15.0. The molecule has 2 atom stereocenters. The minimum Gasteiger partial charge on any atom is -0.494 e. The number of hydrogen-bond acceptors (Lipinski definition) is 4. The molecule has 1 saturated carbocycles. The van der Waals surface area contributed by atoms with Crippen molar-refractivity contribution in [2.45, 2.75) is 31.7 Å². The van der Waals surface area contributed by atoms with Crippen molar-refractivity contribution in [1.29, 1.82) is 0 Å². The minimum absolute atomic E-state index is 0.703. The van der Waals surface area contributed by atoms with Crippen LogP contribution in [0.1, 0.15) is 25.7 Å². The Bertz CT molecular complexity index is 773. The lowest BCUT2D eigenvalue weighted by Crippen LogP contribution is -2.44. The van der Waals surface area contributed by atoms with E-state index in [9.17, 15) is 0 Å². The monoisotopic (exact) mass is 337 g/mol. The highest BCUT2D eigenvalue weighted by atomic mass is 16.5. The van der Waals surface area contributed by atoms with Crippen molar-refractivity contribution in [3.63, 3.8) is 0 Å². The maximum Gasteiger partial charge on any atom is 0.145 e. The number of piperidine rings is 1. The molecular formula is C21H27N3O. The fraction of sp³-hybridized carbons (Fsp3) is 0.571. The second-order valence-electron chi connectivity index (χ2n) is 8.10. The molecule has 6 rings (SSSR count). The number of pyridine rings is 1. The largest absolute Gasteiger partial charge is 0.494 e. The van der Waals surface area contributed by atoms with Crippen molar-refractivity contribution in [1.82, 2.24) is 9.88 Å². The van der Waals surface area contributed by atoms with Crippen LogP contribution in [0.15, 0.2) is 30.3 Å². The number of anilines is 1. The van der Waals surface area contributed by atoms with Crippen molar-refractivity contribution in [2.75, 3.05) is 38.2 Å². The van der Waals surface area contributed by atoms with Gasteiger partial charge in [-0.05, 0) is 55.7 Å². The SMILES string of the molecule is COc1cccc2ccc(N3C[C@@H]4CC[C@H](C3)N(CC3CC3)C4)nc12. The van der Waals surface area contributed by atoms with E-state index in [1.54, 1.807) is 7.11 Å². The van der Waals surface area contributed by atoms with E-state index >= 15 is 0 Å². The summed E-state index contributed by atoms with van der Waals surface area (Å²) >= 11 is 0. The second kappa shape index (κ2) is 6.17. The predicted octanol–water partition coefficient (Wildman–Crippen LogP) is 3.55. The van der Waals surface area contributed by atoms with Gasteiger partial charge in [-0.2, -0.15) is 0 Å². The Labute approximate surface area is 149 Å². The molecule has 0 unspecified atom stereocenters. The summed E-state index contributed by atoms with van der Waals surface area (Å²) in [5.74, 6) is 3.75. The first-order valence-corrected chi connectivity index (χ1v) is 9.73. The van der Waals surface area contributed by atoms with Crippen LogP contribution in [0.4, 0.5) is 5.82 Å². The summed E-state index contributed by atoms with van der Waals surface area (Å²) in [4.78, 5) is 10.3. The van der Waals surface area contributed by atoms with E-state index in [1.165, 1.54) is 38.8 Å². The molecule has 0 amide bonds. The van der Waals surface area contributed by atoms with Crippen LogP contribution < -0.4 is 9.64 Å². The van der Waals surface area contributed by atoms with Crippen LogP contribution in [-0.4, -0.2) is 49.2 Å². The first-order chi connectivity index (χ1) is 12.3. The van der Waals surface area contributed by atoms with Gasteiger partial charge in [0.25, 0.3) is 0 Å². The number of ether oxygens (including phenoxy) is 1. The van der Waals surface area contributed by atoms with E-state index < -0.39 is 0 Å². The summed E-state index contributed by atoms with van der Waals surface area (Å²) in [6.45, 7) is 4.88. The zero-order valence-corrected chi connectivity index (χ0v) is 15.0. The Morgan fingerprint density at radius 2 is 1.96 bits per heavy atom. The molecule has 25 heavy (non-hydrogen) atoms. The number of aromatic nitrogens is 1. The summed E-state index contributed by atoms with van der Waals surface area (Å²) in [5, 5.41) is 1.15. The number of benzene rings is 1. The molecule has 4 heteroatoms. The van der Waals surface area contributed by atoms with Crippen LogP contribution in [0, 0.1) is 11.8 Å². The lowest BCUT2D eigenvalue weighted by atomic mass is 9.95. The van der Waals surface area contributed by atoms with Gasteiger partial charge in [0, 0.05) is 37.6 Å². The molecule has 2 bridgehead atoms. The lowest BCUT2D eigenvalue weighted by molar-refractivity contribution is 0.128. The lowest BCUT2D eigenvalue weighted by Gasteiger charge is -2.36. The number of fused-ring (bicyclic) bond motifs is 5. The van der Waals surface area contributed by atoms with Gasteiger partial charge in [-0.25, -0.2) is 4.98 Å². The predicted molar refractivity (Wildman–Crippen MR) is 101 cm³/mol. The molecule has 0 N–H and O–H groups in total. The Morgan fingerprint density at radius 3 is 2.80 bits per heavy atom. The molecule has 0 radical (unpaired) electrons. The van der Waals surface area contributed by atoms with Crippen molar-refractivity contribution in [3.8, 4) is 5.75 Å². The number of methoxy groups -OCH3 is 1. The molecule has 3 aliphatic heterocycles. The van der Waals surface area contributed by atoms with Gasteiger partial charge in [0.15, 0.2) is 0 Å². The summed E-state index contributed by atoms with van der Waals surface area (Å²) in [6, 6.07) is 11.2. The van der Waals surface area contributed by atoms with Gasteiger partial charge < -0.3 is 9.64 Å². The molecule has 1 aliphatic carbocycles. The van der Waals surface area contributed by atoms with Crippen LogP contribution in [0.25, 0.3) is 10.9 Å². The number of para-hydroxylation sites is 1. The van der Waals surface area contributed by atoms with E-state index in [1.807, 2.05) is 12.1 Å². The summed E-state index contributed by atoms with van der Waals surface area (Å²) < 4.78 is 5.53. The van der Waals surface area contributed by atoms with Gasteiger partial charge in [-0.3, -0.25) is 4.90 Å². The van der Waals surface area contributed by atoms with Crippen LogP contribution in [0.2, 0.25) is 0 Å². The molecule has 2 aromatic rings. The quantitative estimate of drug-likeness (QED) is 0.853. The molecule has 4 nitrogen and oxygen atoms in total. The Morgan fingerprint density at radius 1 is 1.04 bits per heavy atom. The van der Waals surface area contributed by atoms with Crippen molar-refractivity contribution >= 4 is 16.7 Å². The number of nitrogens with zero attached hydrogens (tertiary/aromatic N) is 3. The second-order valence-corrected chi connectivity index (χ2v) is 8.10. The molecule has 3 saturated heterocycles. The van der Waals surface area contributed by atoms with E-state index in [-0.39, 0.29) is 0 Å². The van der Waals surface area contributed by atoms with Crippen LogP contribution in [-0.2, 0) is 0 Å². The number of rotatable bonds is 4. The molecule has 4 heterocycles. The fourth-order valence-corrected chi connectivity index (χ4v) is 4.67. The van der Waals surface area contributed by atoms with Gasteiger partial charge in [0.1, 0.15) is 17.1 Å². The standard InChI is InChI=1S/C21H27N3O/c1-25-19-4-2-3-17-8-10-20(22-21(17)19)24-13-16-7-9-18(14-24)23(12-16)11-15-5-6-15/h2-4,8,10,15-16,18H,5-7,9,11-14H2,1H3/t16-,18-/m1/s1. The van der Waals surface area contributed by atoms with Crippen LogP contribution in [0.5, 0.6) is 5.75 Å². The summed E-state index contributed by atoms with van der Waals surface area (Å²) in [7, 11) is 1.73. The van der Waals surface area contributed by atoms with E-state index in [4.69, 9.17) is 9.72 Å². The average Bonchev–Trinajstić information content (AvgIpc) is 3.48. The Balaban J connectivity index is 1.44. The maximum atomic E-state index is 5.53. The average molecular weight is 337 g/mol. The molecule has 0 spiro atoms. The Hall–Kier alpha value is -1.81. The molecule has 4 aliphatic rings. The molecular weight excluding hydrogens is 310 g/mol. The van der Waals surface area contributed by atoms with Crippen molar-refractivity contribution in [2.24, 2.45) is 11.8 Å². The number of hydrogen-bond donors (Lipinski definition) is 0. The highest BCUT2D eigenvalue weighted by molar-refractivity contribution is 5.86. The molecule has 1 aromatic heterocycles. The van der Waals surface area contributed by atoms with E-state index in [0.29, 0.717) is 6.04 Å². The minimum atomic E-state index is 0.703. The first-order valence-electron chi connectivity index (χ1n) is 9.73. The summed E-state index contributed by atoms with van der Waals surface area (Å²) in [5.41, 5.74) is 0.980. The molecule has 1 aromatic carbocycles. The fourth-order valence-electron chi connectivity index (χ4n) is 4.67. The zero-order chi connectivity index (χ0) is 16.8. The highest BCUT2D eigenvalue weighted by Crippen LogP contribution is 2.36. The third kappa shape index (κ3) is 2.97. The molecule has 4 fully saturated rings. The van der Waals surface area contributed by atoms with Gasteiger partial charge in [0.05, 0.1) is 7.11 Å². The first kappa shape index (κ1) is 15.4. The highest BCUT2D eigenvalue weighted by Gasteiger charge is 2.37. The van der Waals surface area contributed by atoms with Crippen LogP contribution in [0.3, 0.4) is 0 Å². The third-order valence-corrected chi connectivity index (χ3v) is 6.23. The van der Waals surface area contributed by atoms with Gasteiger partial charge >= 0.3 is 0 Å². The van der Waals surface area contributed by atoms with E-state index in [2.05, 4.69) is 28.0 Å². The van der Waals surface area contributed by atoms with Crippen LogP contribution >= 0.6 is 0 Å². The van der Waals surface area contributed by atoms with E-state index in [0.717, 1.165) is 47.4 Å². The van der Waals surface area contributed by atoms with Gasteiger partial charge in [-0.1, -0.05) is 12.1 Å². The molecule has 132 valence electrons. The maximum absolute atomic E-state index is 5.53. The Kier molecular flexibility index (Phi) is 3.81. The third-order valence-electron chi connectivity index (χ3n) is 6.23. The smallest absolute Gasteiger partial charge is 0.145 e. The normalized spacial score (nSPS) is 26.8. The van der Waals surface area contributed by atoms with Crippen molar-refractivity contribution < 1.29 is 4.74 Å². The summed E-state index contributed by atoms with van der Waals surface area (Å²) in [6.07, 6.45) is 5.62.